The van der Waals surface area contributed by atoms with Crippen molar-refractivity contribution >= 4 is 11.9 Å². The first-order valence-electron chi connectivity index (χ1n) is 5.90. The quantitative estimate of drug-likeness (QED) is 0.679. The Kier molecular flexibility index (Phi) is 4.14. The number of carbonyl (C=O) groups excluding carboxylic acids is 1. The van der Waals surface area contributed by atoms with Gasteiger partial charge in [0.05, 0.1) is 24.5 Å². The third-order valence-corrected chi connectivity index (χ3v) is 3.23. The molecule has 1 amide bonds. The van der Waals surface area contributed by atoms with Crippen LogP contribution in [0, 0.1) is 17.3 Å². The smallest absolute Gasteiger partial charge is 0.307 e. The van der Waals surface area contributed by atoms with Crippen molar-refractivity contribution in [2.45, 2.75) is 33.8 Å². The summed E-state index contributed by atoms with van der Waals surface area (Å²) in [6, 6.07) is 0. The number of ether oxygens (including phenoxy) is 1. The predicted molar refractivity (Wildman–Crippen MR) is 62.5 cm³/mol. The van der Waals surface area contributed by atoms with Crippen LogP contribution in [0.4, 0.5) is 0 Å². The summed E-state index contributed by atoms with van der Waals surface area (Å²) in [5.41, 5.74) is -0.436. The number of hydrogen-bond donors (Lipinski definition) is 2. The minimum atomic E-state index is -0.895. The molecule has 0 heterocycles. The van der Waals surface area contributed by atoms with Crippen molar-refractivity contribution in [3.05, 3.63) is 0 Å². The average molecular weight is 243 g/mol. The lowest BCUT2D eigenvalue weighted by molar-refractivity contribution is -0.140. The number of carbonyl (C=O) groups is 2. The molecule has 1 fully saturated rings. The lowest BCUT2D eigenvalue weighted by Crippen LogP contribution is -2.31. The minimum absolute atomic E-state index is 0.135. The predicted octanol–water partition coefficient (Wildman–Crippen LogP) is 0.884. The molecule has 5 nitrogen and oxygen atoms in total. The highest BCUT2D eigenvalue weighted by Crippen LogP contribution is 2.58. The standard InChI is InChI=1S/C12H21NO4/c1-7(2)17-6-5-13-10(14)8-9(11(15)16)12(8,3)4/h7-9H,5-6H2,1-4H3,(H,13,14)(H,15,16)/t8-,9+/m0/s1. The number of nitrogens with one attached hydrogen (secondary N) is 1. The van der Waals surface area contributed by atoms with E-state index < -0.39 is 23.2 Å². The van der Waals surface area contributed by atoms with Gasteiger partial charge in [0.25, 0.3) is 0 Å². The molecule has 2 N–H and O–H groups in total. The van der Waals surface area contributed by atoms with Gasteiger partial charge in [0.1, 0.15) is 0 Å². The molecule has 1 aliphatic carbocycles. The Morgan fingerprint density at radius 2 is 1.94 bits per heavy atom. The molecule has 0 radical (unpaired) electrons. The Morgan fingerprint density at radius 3 is 2.35 bits per heavy atom. The molecule has 1 aliphatic rings. The SMILES string of the molecule is CC(C)OCCNC(=O)[C@@H]1[C@H](C(=O)O)C1(C)C. The molecule has 1 saturated carbocycles. The molecule has 5 heteroatoms. The zero-order valence-electron chi connectivity index (χ0n) is 10.8. The lowest BCUT2D eigenvalue weighted by Gasteiger charge is -2.09. The van der Waals surface area contributed by atoms with Gasteiger partial charge < -0.3 is 15.2 Å². The van der Waals surface area contributed by atoms with Crippen LogP contribution < -0.4 is 5.32 Å². The Labute approximate surface area is 102 Å². The van der Waals surface area contributed by atoms with Gasteiger partial charge in [-0.25, -0.2) is 0 Å². The molecule has 0 spiro atoms. The van der Waals surface area contributed by atoms with Gasteiger partial charge in [-0.1, -0.05) is 13.8 Å². The van der Waals surface area contributed by atoms with Crippen molar-refractivity contribution in [3.63, 3.8) is 0 Å². The van der Waals surface area contributed by atoms with Crippen molar-refractivity contribution in [1.82, 2.24) is 5.32 Å². The number of rotatable bonds is 6. The third kappa shape index (κ3) is 3.19. The van der Waals surface area contributed by atoms with Crippen LogP contribution in [0.1, 0.15) is 27.7 Å². The van der Waals surface area contributed by atoms with E-state index in [1.807, 2.05) is 13.8 Å². The van der Waals surface area contributed by atoms with E-state index in [0.717, 1.165) is 0 Å². The van der Waals surface area contributed by atoms with Gasteiger partial charge in [0.2, 0.25) is 5.91 Å². The summed E-state index contributed by atoms with van der Waals surface area (Å²) in [7, 11) is 0. The van der Waals surface area contributed by atoms with Crippen molar-refractivity contribution in [2.75, 3.05) is 13.2 Å². The van der Waals surface area contributed by atoms with Crippen LogP contribution in [-0.2, 0) is 14.3 Å². The molecular formula is C12H21NO4. The second-order valence-corrected chi connectivity index (χ2v) is 5.33. The van der Waals surface area contributed by atoms with Crippen molar-refractivity contribution in [2.24, 2.45) is 17.3 Å². The van der Waals surface area contributed by atoms with E-state index >= 15 is 0 Å². The van der Waals surface area contributed by atoms with Gasteiger partial charge >= 0.3 is 5.97 Å². The van der Waals surface area contributed by atoms with Gasteiger partial charge in [0.15, 0.2) is 0 Å². The highest BCUT2D eigenvalue weighted by molar-refractivity contribution is 5.91. The Bertz CT molecular complexity index is 312. The van der Waals surface area contributed by atoms with Crippen LogP contribution in [0.3, 0.4) is 0 Å². The largest absolute Gasteiger partial charge is 0.481 e. The molecule has 17 heavy (non-hydrogen) atoms. The highest BCUT2D eigenvalue weighted by Gasteiger charge is 2.65. The van der Waals surface area contributed by atoms with Crippen LogP contribution in [0.15, 0.2) is 0 Å². The second kappa shape index (κ2) is 5.04. The third-order valence-electron chi connectivity index (χ3n) is 3.23. The summed E-state index contributed by atoms with van der Waals surface area (Å²) in [5.74, 6) is -2.06. The zero-order valence-corrected chi connectivity index (χ0v) is 10.8. The summed E-state index contributed by atoms with van der Waals surface area (Å²) < 4.78 is 5.29. The Morgan fingerprint density at radius 1 is 1.35 bits per heavy atom. The van der Waals surface area contributed by atoms with Crippen molar-refractivity contribution in [1.29, 1.82) is 0 Å². The Balaban J connectivity index is 2.33. The summed E-state index contributed by atoms with van der Waals surface area (Å²) in [6.07, 6.45) is 0.135. The molecule has 0 aromatic carbocycles. The van der Waals surface area contributed by atoms with E-state index in [-0.39, 0.29) is 12.0 Å². The first-order valence-corrected chi connectivity index (χ1v) is 5.90. The van der Waals surface area contributed by atoms with E-state index in [9.17, 15) is 9.59 Å². The topological polar surface area (TPSA) is 75.6 Å². The number of aliphatic carboxylic acids is 1. The van der Waals surface area contributed by atoms with Crippen LogP contribution >= 0.6 is 0 Å². The molecule has 0 bridgehead atoms. The molecule has 2 atom stereocenters. The molecule has 1 rings (SSSR count). The number of carboxylic acids is 1. The van der Waals surface area contributed by atoms with E-state index in [1.54, 1.807) is 13.8 Å². The lowest BCUT2D eigenvalue weighted by atomic mass is 10.1. The number of amides is 1. The van der Waals surface area contributed by atoms with E-state index in [1.165, 1.54) is 0 Å². The van der Waals surface area contributed by atoms with Gasteiger partial charge in [-0.05, 0) is 19.3 Å². The highest BCUT2D eigenvalue weighted by atomic mass is 16.5. The Hall–Kier alpha value is -1.10. The van der Waals surface area contributed by atoms with E-state index in [0.29, 0.717) is 13.2 Å². The normalized spacial score (nSPS) is 25.7. The maximum absolute atomic E-state index is 11.8. The first kappa shape index (κ1) is 14.0. The maximum atomic E-state index is 11.8. The summed E-state index contributed by atoms with van der Waals surface area (Å²) in [5, 5.41) is 11.7. The number of hydrogen-bond acceptors (Lipinski definition) is 3. The van der Waals surface area contributed by atoms with E-state index in [4.69, 9.17) is 9.84 Å². The molecule has 0 unspecified atom stereocenters. The average Bonchev–Trinajstić information content (AvgIpc) is 2.76. The molecule has 0 aromatic rings. The molecule has 98 valence electrons. The van der Waals surface area contributed by atoms with Crippen LogP contribution in [0.25, 0.3) is 0 Å². The second-order valence-electron chi connectivity index (χ2n) is 5.33. The fourth-order valence-corrected chi connectivity index (χ4v) is 2.17. The van der Waals surface area contributed by atoms with Crippen LogP contribution in [-0.4, -0.2) is 36.2 Å². The fraction of sp³-hybridized carbons (Fsp3) is 0.833. The monoisotopic (exact) mass is 243 g/mol. The number of carboxylic acid groups (broad SMARTS) is 1. The minimum Gasteiger partial charge on any atom is -0.481 e. The summed E-state index contributed by atoms with van der Waals surface area (Å²) >= 11 is 0. The molecule has 0 aliphatic heterocycles. The molecular weight excluding hydrogens is 222 g/mol. The van der Waals surface area contributed by atoms with Gasteiger partial charge in [0, 0.05) is 6.54 Å². The van der Waals surface area contributed by atoms with Crippen molar-refractivity contribution in [3.8, 4) is 0 Å². The zero-order chi connectivity index (χ0) is 13.2. The fourth-order valence-electron chi connectivity index (χ4n) is 2.17. The maximum Gasteiger partial charge on any atom is 0.307 e. The van der Waals surface area contributed by atoms with Gasteiger partial charge in [-0.15, -0.1) is 0 Å². The first-order chi connectivity index (χ1) is 7.78. The van der Waals surface area contributed by atoms with Gasteiger partial charge in [-0.2, -0.15) is 0 Å². The van der Waals surface area contributed by atoms with Crippen LogP contribution in [0.2, 0.25) is 0 Å². The molecule has 0 aromatic heterocycles. The summed E-state index contributed by atoms with van der Waals surface area (Å²) in [4.78, 5) is 22.7. The van der Waals surface area contributed by atoms with Gasteiger partial charge in [-0.3, -0.25) is 9.59 Å². The van der Waals surface area contributed by atoms with Crippen molar-refractivity contribution < 1.29 is 19.4 Å². The van der Waals surface area contributed by atoms with E-state index in [2.05, 4.69) is 5.32 Å². The summed E-state index contributed by atoms with van der Waals surface area (Å²) in [6.45, 7) is 8.34. The molecule has 0 saturated heterocycles. The van der Waals surface area contributed by atoms with Crippen LogP contribution in [0.5, 0.6) is 0 Å².